The predicted molar refractivity (Wildman–Crippen MR) is 64.8 cm³/mol. The Hall–Kier alpha value is -1.49. The van der Waals surface area contributed by atoms with Crippen molar-refractivity contribution in [2.24, 2.45) is 0 Å². The SMILES string of the molecule is CNCC1CCCN1C(=O)c1ccnc(C)n1. The van der Waals surface area contributed by atoms with E-state index in [1.165, 1.54) is 0 Å². The zero-order valence-electron chi connectivity index (χ0n) is 10.3. The van der Waals surface area contributed by atoms with Gasteiger partial charge in [-0.3, -0.25) is 4.79 Å². The van der Waals surface area contributed by atoms with Gasteiger partial charge < -0.3 is 10.2 Å². The monoisotopic (exact) mass is 234 g/mol. The molecule has 92 valence electrons. The van der Waals surface area contributed by atoms with E-state index in [2.05, 4.69) is 15.3 Å². The quantitative estimate of drug-likeness (QED) is 0.832. The van der Waals surface area contributed by atoms with Gasteiger partial charge in [-0.05, 0) is 32.9 Å². The normalized spacial score (nSPS) is 19.6. The minimum absolute atomic E-state index is 0.0215. The number of likely N-dealkylation sites (N-methyl/N-ethyl adjacent to an activating group) is 1. The largest absolute Gasteiger partial charge is 0.333 e. The first-order valence-electron chi connectivity index (χ1n) is 5.97. The molecule has 0 radical (unpaired) electrons. The van der Waals surface area contributed by atoms with Crippen LogP contribution in [0.5, 0.6) is 0 Å². The van der Waals surface area contributed by atoms with Crippen LogP contribution >= 0.6 is 0 Å². The first-order valence-corrected chi connectivity index (χ1v) is 5.97. The Kier molecular flexibility index (Phi) is 3.68. The van der Waals surface area contributed by atoms with Crippen molar-refractivity contribution in [3.8, 4) is 0 Å². The fourth-order valence-electron chi connectivity index (χ4n) is 2.27. The van der Waals surface area contributed by atoms with Crippen LogP contribution in [0.3, 0.4) is 0 Å². The number of nitrogens with one attached hydrogen (secondary N) is 1. The Morgan fingerprint density at radius 2 is 2.47 bits per heavy atom. The van der Waals surface area contributed by atoms with Crippen molar-refractivity contribution in [2.45, 2.75) is 25.8 Å². The molecular weight excluding hydrogens is 216 g/mol. The predicted octanol–water partition coefficient (Wildman–Crippen LogP) is 0.609. The molecule has 1 aliphatic heterocycles. The highest BCUT2D eigenvalue weighted by Gasteiger charge is 2.29. The number of rotatable bonds is 3. The van der Waals surface area contributed by atoms with Crippen LogP contribution in [0.2, 0.25) is 0 Å². The Balaban J connectivity index is 2.14. The molecule has 1 atom stereocenters. The lowest BCUT2D eigenvalue weighted by Crippen LogP contribution is -2.41. The highest BCUT2D eigenvalue weighted by molar-refractivity contribution is 5.92. The van der Waals surface area contributed by atoms with Crippen molar-refractivity contribution in [1.82, 2.24) is 20.2 Å². The highest BCUT2D eigenvalue weighted by atomic mass is 16.2. The fourth-order valence-corrected chi connectivity index (χ4v) is 2.27. The van der Waals surface area contributed by atoms with Gasteiger partial charge >= 0.3 is 0 Å². The van der Waals surface area contributed by atoms with Crippen LogP contribution in [0.25, 0.3) is 0 Å². The van der Waals surface area contributed by atoms with E-state index < -0.39 is 0 Å². The van der Waals surface area contributed by atoms with E-state index in [1.54, 1.807) is 19.2 Å². The van der Waals surface area contributed by atoms with Crippen molar-refractivity contribution in [2.75, 3.05) is 20.1 Å². The molecule has 0 saturated carbocycles. The minimum Gasteiger partial charge on any atom is -0.333 e. The van der Waals surface area contributed by atoms with Crippen LogP contribution in [-0.2, 0) is 0 Å². The molecule has 1 aromatic heterocycles. The first kappa shape index (κ1) is 12.0. The molecule has 0 aliphatic carbocycles. The van der Waals surface area contributed by atoms with Crippen LogP contribution < -0.4 is 5.32 Å². The third-order valence-electron chi connectivity index (χ3n) is 3.07. The number of hydrogen-bond donors (Lipinski definition) is 1. The van der Waals surface area contributed by atoms with Crippen molar-refractivity contribution in [1.29, 1.82) is 0 Å². The Bertz CT molecular complexity index is 407. The summed E-state index contributed by atoms with van der Waals surface area (Å²) < 4.78 is 0. The van der Waals surface area contributed by atoms with E-state index in [4.69, 9.17) is 0 Å². The van der Waals surface area contributed by atoms with Crippen molar-refractivity contribution in [3.63, 3.8) is 0 Å². The van der Waals surface area contributed by atoms with Crippen molar-refractivity contribution in [3.05, 3.63) is 23.8 Å². The maximum Gasteiger partial charge on any atom is 0.272 e. The summed E-state index contributed by atoms with van der Waals surface area (Å²) in [5, 5.41) is 3.13. The number of aromatic nitrogens is 2. The summed E-state index contributed by atoms with van der Waals surface area (Å²) in [6.07, 6.45) is 3.78. The standard InChI is InChI=1S/C12H18N4O/c1-9-14-6-5-11(15-9)12(17)16-7-3-4-10(16)8-13-2/h5-6,10,13H,3-4,7-8H2,1-2H3. The summed E-state index contributed by atoms with van der Waals surface area (Å²) >= 11 is 0. The molecule has 0 spiro atoms. The Morgan fingerprint density at radius 1 is 1.65 bits per heavy atom. The van der Waals surface area contributed by atoms with E-state index in [0.29, 0.717) is 17.6 Å². The molecule has 1 amide bonds. The van der Waals surface area contributed by atoms with E-state index in [9.17, 15) is 4.79 Å². The molecule has 2 heterocycles. The van der Waals surface area contributed by atoms with Gasteiger partial charge in [-0.2, -0.15) is 0 Å². The van der Waals surface area contributed by atoms with Crippen LogP contribution in [0.4, 0.5) is 0 Å². The highest BCUT2D eigenvalue weighted by Crippen LogP contribution is 2.18. The summed E-state index contributed by atoms with van der Waals surface area (Å²) in [4.78, 5) is 22.4. The minimum atomic E-state index is 0.0215. The van der Waals surface area contributed by atoms with Gasteiger partial charge in [0.25, 0.3) is 5.91 Å². The number of aryl methyl sites for hydroxylation is 1. The second-order valence-electron chi connectivity index (χ2n) is 4.34. The number of amides is 1. The number of carbonyl (C=O) groups excluding carboxylic acids is 1. The lowest BCUT2D eigenvalue weighted by Gasteiger charge is -2.24. The van der Waals surface area contributed by atoms with Gasteiger partial charge in [-0.15, -0.1) is 0 Å². The smallest absolute Gasteiger partial charge is 0.272 e. The molecule has 1 aromatic rings. The Morgan fingerprint density at radius 3 is 3.18 bits per heavy atom. The second-order valence-corrected chi connectivity index (χ2v) is 4.34. The van der Waals surface area contributed by atoms with Gasteiger partial charge in [-0.25, -0.2) is 9.97 Å². The maximum atomic E-state index is 12.3. The topological polar surface area (TPSA) is 58.1 Å². The van der Waals surface area contributed by atoms with Gasteiger partial charge in [0, 0.05) is 25.3 Å². The molecule has 5 heteroatoms. The van der Waals surface area contributed by atoms with Crippen LogP contribution in [-0.4, -0.2) is 47.0 Å². The average Bonchev–Trinajstić information content (AvgIpc) is 2.77. The lowest BCUT2D eigenvalue weighted by molar-refractivity contribution is 0.0730. The van der Waals surface area contributed by atoms with Crippen molar-refractivity contribution < 1.29 is 4.79 Å². The molecule has 1 fully saturated rings. The van der Waals surface area contributed by atoms with E-state index in [1.807, 2.05) is 11.9 Å². The van der Waals surface area contributed by atoms with E-state index in [0.717, 1.165) is 25.9 Å². The molecule has 1 saturated heterocycles. The number of nitrogens with zero attached hydrogens (tertiary/aromatic N) is 3. The van der Waals surface area contributed by atoms with Gasteiger partial charge in [-0.1, -0.05) is 0 Å². The van der Waals surface area contributed by atoms with Crippen LogP contribution in [0.1, 0.15) is 29.2 Å². The summed E-state index contributed by atoms with van der Waals surface area (Å²) in [7, 11) is 1.91. The lowest BCUT2D eigenvalue weighted by atomic mass is 10.2. The molecule has 1 N–H and O–H groups in total. The van der Waals surface area contributed by atoms with Crippen LogP contribution in [0.15, 0.2) is 12.3 Å². The maximum absolute atomic E-state index is 12.3. The molecule has 2 rings (SSSR count). The summed E-state index contributed by atoms with van der Waals surface area (Å²) in [6.45, 7) is 3.47. The van der Waals surface area contributed by atoms with Gasteiger partial charge in [0.2, 0.25) is 0 Å². The summed E-state index contributed by atoms with van der Waals surface area (Å²) in [6, 6.07) is 1.98. The molecule has 0 aromatic carbocycles. The summed E-state index contributed by atoms with van der Waals surface area (Å²) in [5.74, 6) is 0.661. The number of hydrogen-bond acceptors (Lipinski definition) is 4. The Labute approximate surface area is 101 Å². The third kappa shape index (κ3) is 2.61. The van der Waals surface area contributed by atoms with E-state index >= 15 is 0 Å². The average molecular weight is 234 g/mol. The molecule has 5 nitrogen and oxygen atoms in total. The molecule has 0 bridgehead atoms. The molecule has 1 unspecified atom stereocenters. The van der Waals surface area contributed by atoms with Gasteiger partial charge in [0.15, 0.2) is 0 Å². The summed E-state index contributed by atoms with van der Waals surface area (Å²) in [5.41, 5.74) is 0.500. The zero-order chi connectivity index (χ0) is 12.3. The second kappa shape index (κ2) is 5.23. The van der Waals surface area contributed by atoms with Crippen molar-refractivity contribution >= 4 is 5.91 Å². The van der Waals surface area contributed by atoms with Crippen LogP contribution in [0, 0.1) is 6.92 Å². The molecule has 1 aliphatic rings. The number of likely N-dealkylation sites (tertiary alicyclic amines) is 1. The fraction of sp³-hybridized carbons (Fsp3) is 0.583. The number of carbonyl (C=O) groups is 1. The molecular formula is C12H18N4O. The third-order valence-corrected chi connectivity index (χ3v) is 3.07. The molecule has 17 heavy (non-hydrogen) atoms. The van der Waals surface area contributed by atoms with E-state index in [-0.39, 0.29) is 5.91 Å². The zero-order valence-corrected chi connectivity index (χ0v) is 10.3. The first-order chi connectivity index (χ1) is 8.22. The van der Waals surface area contributed by atoms with Gasteiger partial charge in [0.05, 0.1) is 0 Å². The van der Waals surface area contributed by atoms with Gasteiger partial charge in [0.1, 0.15) is 11.5 Å².